The molecule has 2 aromatic carbocycles. The Bertz CT molecular complexity index is 1050. The third-order valence-corrected chi connectivity index (χ3v) is 5.91. The summed E-state index contributed by atoms with van der Waals surface area (Å²) in [5, 5.41) is 26.0. The summed E-state index contributed by atoms with van der Waals surface area (Å²) in [5.41, 5.74) is 4.29. The van der Waals surface area contributed by atoms with Crippen molar-refractivity contribution in [1.82, 2.24) is 10.6 Å². The molecule has 1 aliphatic heterocycles. The highest BCUT2D eigenvalue weighted by Gasteiger charge is 2.16. The van der Waals surface area contributed by atoms with E-state index in [0.717, 1.165) is 50.0 Å². The third-order valence-electron chi connectivity index (χ3n) is 5.60. The fourth-order valence-corrected chi connectivity index (χ4v) is 3.91. The van der Waals surface area contributed by atoms with Crippen LogP contribution in [0, 0.1) is 5.82 Å². The van der Waals surface area contributed by atoms with Gasteiger partial charge in [0.25, 0.3) is 5.91 Å². The zero-order chi connectivity index (χ0) is 26.5. The van der Waals surface area contributed by atoms with Gasteiger partial charge in [-0.2, -0.15) is 0 Å². The molecule has 0 saturated carbocycles. The first kappa shape index (κ1) is 29.1. The van der Waals surface area contributed by atoms with E-state index in [2.05, 4.69) is 22.0 Å². The molecule has 1 heterocycles. The minimum absolute atomic E-state index is 0.0811. The molecule has 0 bridgehead atoms. The Balaban J connectivity index is 0.000000493. The van der Waals surface area contributed by atoms with Gasteiger partial charge < -0.3 is 26.2 Å². The van der Waals surface area contributed by atoms with E-state index in [1.54, 1.807) is 12.1 Å². The summed E-state index contributed by atoms with van der Waals surface area (Å²) < 4.78 is 14.4. The van der Waals surface area contributed by atoms with Crippen molar-refractivity contribution in [2.45, 2.75) is 52.0 Å². The highest BCUT2D eigenvalue weighted by atomic mass is 35.5. The van der Waals surface area contributed by atoms with Crippen LogP contribution in [-0.4, -0.2) is 47.7 Å². The minimum Gasteiger partial charge on any atom is -0.481 e. The van der Waals surface area contributed by atoms with Gasteiger partial charge in [-0.1, -0.05) is 37.1 Å². The van der Waals surface area contributed by atoms with Crippen molar-refractivity contribution in [3.05, 3.63) is 63.4 Å². The molecule has 0 unspecified atom stereocenters. The highest BCUT2D eigenvalue weighted by molar-refractivity contribution is 6.33. The van der Waals surface area contributed by atoms with E-state index in [4.69, 9.17) is 21.8 Å². The molecule has 3 rings (SSSR count). The van der Waals surface area contributed by atoms with Crippen LogP contribution < -0.4 is 16.0 Å². The summed E-state index contributed by atoms with van der Waals surface area (Å²) in [5.74, 6) is -3.02. The average molecular weight is 522 g/mol. The second-order valence-electron chi connectivity index (χ2n) is 8.37. The number of halogens is 2. The maximum Gasteiger partial charge on any atom is 0.303 e. The van der Waals surface area contributed by atoms with Crippen molar-refractivity contribution in [2.24, 2.45) is 0 Å². The Hall–Kier alpha value is -3.17. The molecular formula is C26H33ClFN3O5. The van der Waals surface area contributed by atoms with E-state index in [9.17, 15) is 18.8 Å². The van der Waals surface area contributed by atoms with Crippen LogP contribution in [0.3, 0.4) is 0 Å². The van der Waals surface area contributed by atoms with Crippen molar-refractivity contribution in [1.29, 1.82) is 0 Å². The van der Waals surface area contributed by atoms with Gasteiger partial charge >= 0.3 is 11.9 Å². The van der Waals surface area contributed by atoms with Gasteiger partial charge in [-0.25, -0.2) is 4.39 Å². The van der Waals surface area contributed by atoms with Crippen molar-refractivity contribution < 1.29 is 29.0 Å². The van der Waals surface area contributed by atoms with Crippen molar-refractivity contribution in [3.8, 4) is 0 Å². The summed E-state index contributed by atoms with van der Waals surface area (Å²) >= 11 is 6.43. The fourth-order valence-electron chi connectivity index (χ4n) is 3.67. The Morgan fingerprint density at radius 2 is 1.75 bits per heavy atom. The molecule has 196 valence electrons. The van der Waals surface area contributed by atoms with E-state index in [1.165, 1.54) is 17.2 Å². The van der Waals surface area contributed by atoms with Crippen LogP contribution in [0.25, 0.3) is 0 Å². The fraction of sp³-hybridized carbons (Fsp3) is 0.423. The summed E-state index contributed by atoms with van der Waals surface area (Å²) in [6.07, 6.45) is 3.15. The van der Waals surface area contributed by atoms with Crippen LogP contribution in [0.4, 0.5) is 10.1 Å². The molecule has 0 fully saturated rings. The van der Waals surface area contributed by atoms with Gasteiger partial charge in [-0.05, 0) is 67.2 Å². The molecule has 0 atom stereocenters. The normalized spacial score (nSPS) is 12.4. The maximum absolute atomic E-state index is 14.4. The topological polar surface area (TPSA) is 128 Å². The summed E-state index contributed by atoms with van der Waals surface area (Å²) in [4.78, 5) is 31.4. The Morgan fingerprint density at radius 3 is 2.39 bits per heavy atom. The molecule has 0 aliphatic carbocycles. The Labute approximate surface area is 215 Å². The largest absolute Gasteiger partial charge is 0.481 e. The van der Waals surface area contributed by atoms with Crippen LogP contribution in [0.2, 0.25) is 5.02 Å². The van der Waals surface area contributed by atoms with E-state index in [-0.39, 0.29) is 24.3 Å². The first-order valence-corrected chi connectivity index (χ1v) is 12.4. The van der Waals surface area contributed by atoms with Crippen LogP contribution in [0.1, 0.15) is 59.7 Å². The van der Waals surface area contributed by atoms with Gasteiger partial charge in [0, 0.05) is 13.1 Å². The third kappa shape index (κ3) is 9.47. The molecule has 0 spiro atoms. The van der Waals surface area contributed by atoms with Gasteiger partial charge in [-0.3, -0.25) is 14.4 Å². The Kier molecular flexibility index (Phi) is 12.2. The maximum atomic E-state index is 14.4. The van der Waals surface area contributed by atoms with Crippen molar-refractivity contribution >= 4 is 35.1 Å². The van der Waals surface area contributed by atoms with E-state index in [0.29, 0.717) is 18.1 Å². The number of carboxylic acids is 2. The molecule has 1 aliphatic rings. The van der Waals surface area contributed by atoms with Gasteiger partial charge in [0.2, 0.25) is 0 Å². The number of carbonyl (C=O) groups is 3. The molecule has 1 amide bonds. The van der Waals surface area contributed by atoms with Crippen molar-refractivity contribution in [3.63, 3.8) is 0 Å². The van der Waals surface area contributed by atoms with Gasteiger partial charge in [0.15, 0.2) is 0 Å². The lowest BCUT2D eigenvalue weighted by Crippen LogP contribution is -2.25. The minimum atomic E-state index is -1.08. The number of hydrogen-bond donors (Lipinski definition) is 5. The van der Waals surface area contributed by atoms with E-state index < -0.39 is 17.8 Å². The number of amides is 1. The molecule has 2 aromatic rings. The van der Waals surface area contributed by atoms with Gasteiger partial charge in [0.05, 0.1) is 29.1 Å². The van der Waals surface area contributed by atoms with Gasteiger partial charge in [-0.15, -0.1) is 0 Å². The molecule has 5 N–H and O–H groups in total. The number of unbranched alkanes of at least 4 members (excludes halogenated alkanes) is 1. The van der Waals surface area contributed by atoms with Gasteiger partial charge in [0.1, 0.15) is 5.82 Å². The average Bonchev–Trinajstić information content (AvgIpc) is 3.08. The quantitative estimate of drug-likeness (QED) is 0.296. The molecule has 36 heavy (non-hydrogen) atoms. The zero-order valence-electron chi connectivity index (χ0n) is 20.3. The highest BCUT2D eigenvalue weighted by Crippen LogP contribution is 2.31. The predicted molar refractivity (Wildman–Crippen MR) is 137 cm³/mol. The number of anilines is 1. The first-order valence-electron chi connectivity index (χ1n) is 12.0. The molecule has 0 radical (unpaired) electrons. The van der Waals surface area contributed by atoms with E-state index in [1.807, 2.05) is 13.0 Å². The van der Waals surface area contributed by atoms with E-state index >= 15 is 0 Å². The molecule has 8 nitrogen and oxygen atoms in total. The predicted octanol–water partition coefficient (Wildman–Crippen LogP) is 4.25. The molecule has 0 saturated heterocycles. The molecule has 10 heteroatoms. The Morgan fingerprint density at radius 1 is 1.06 bits per heavy atom. The van der Waals surface area contributed by atoms with Crippen LogP contribution >= 0.6 is 11.6 Å². The lowest BCUT2D eigenvalue weighted by Gasteiger charge is -2.16. The number of carbonyl (C=O) groups excluding carboxylic acids is 1. The number of benzene rings is 2. The number of rotatable bonds is 10. The monoisotopic (exact) mass is 521 g/mol. The molecular weight excluding hydrogens is 489 g/mol. The molecule has 0 aromatic heterocycles. The number of hydrogen-bond acceptors (Lipinski definition) is 5. The standard InChI is InChI=1S/C22H27ClFN3O.C4H6O4/c1-2-3-10-26-22(28)18-6-4-15(13-20(18)24)14-27-21-17-9-12-25-11-8-16(17)5-7-19(21)23;5-3(6)1-2-4(7)8/h4-7,13,25,27H,2-3,8-12,14H2,1H3,(H,26,28);1-2H2,(H,5,6)(H,7,8). The summed E-state index contributed by atoms with van der Waals surface area (Å²) in [7, 11) is 0. The van der Waals surface area contributed by atoms with Crippen LogP contribution in [0.5, 0.6) is 0 Å². The zero-order valence-corrected chi connectivity index (χ0v) is 21.1. The lowest BCUT2D eigenvalue weighted by atomic mass is 10.0. The summed E-state index contributed by atoms with van der Waals surface area (Å²) in [6.45, 7) is 4.92. The van der Waals surface area contributed by atoms with Crippen LogP contribution in [-0.2, 0) is 29.0 Å². The second kappa shape index (κ2) is 15.1. The number of fused-ring (bicyclic) bond motifs is 1. The second-order valence-corrected chi connectivity index (χ2v) is 8.78. The smallest absolute Gasteiger partial charge is 0.303 e. The first-order chi connectivity index (χ1) is 17.2. The number of nitrogens with one attached hydrogen (secondary N) is 3. The SMILES string of the molecule is CCCCNC(=O)c1ccc(CNc2c(Cl)ccc3c2CCNCC3)cc1F.O=C(O)CCC(=O)O. The van der Waals surface area contributed by atoms with Crippen molar-refractivity contribution in [2.75, 3.05) is 25.0 Å². The lowest BCUT2D eigenvalue weighted by molar-refractivity contribution is -0.143. The number of aliphatic carboxylic acids is 2. The summed E-state index contributed by atoms with van der Waals surface area (Å²) in [6, 6.07) is 8.74. The van der Waals surface area contributed by atoms with Crippen LogP contribution in [0.15, 0.2) is 30.3 Å². The number of carboxylic acid groups (broad SMARTS) is 2.